The van der Waals surface area contributed by atoms with E-state index < -0.39 is 12.5 Å². The van der Waals surface area contributed by atoms with Crippen LogP contribution in [0, 0.1) is 0 Å². The normalized spacial score (nSPS) is 17.4. The number of likely N-dealkylation sites (tertiary alicyclic amines) is 1. The molecule has 3 heterocycles. The van der Waals surface area contributed by atoms with Crippen LogP contribution in [0.1, 0.15) is 49.4 Å². The monoisotopic (exact) mass is 572 g/mol. The Morgan fingerprint density at radius 1 is 1.15 bits per heavy atom. The molecule has 1 atom stereocenters. The van der Waals surface area contributed by atoms with Gasteiger partial charge in [0.25, 0.3) is 5.91 Å². The van der Waals surface area contributed by atoms with Gasteiger partial charge >= 0.3 is 12.6 Å². The van der Waals surface area contributed by atoms with Crippen LogP contribution in [0.25, 0.3) is 16.9 Å². The number of imidazole rings is 1. The van der Waals surface area contributed by atoms with Gasteiger partial charge in [-0.25, -0.2) is 4.98 Å². The molecule has 5 rings (SSSR count). The Hall–Kier alpha value is -3.93. The number of benzene rings is 1. The molecule has 0 radical (unpaired) electrons. The largest absolute Gasteiger partial charge is 0.496 e. The van der Waals surface area contributed by atoms with Crippen molar-refractivity contribution in [2.24, 2.45) is 0 Å². The van der Waals surface area contributed by atoms with Crippen molar-refractivity contribution in [1.29, 1.82) is 0 Å². The highest BCUT2D eigenvalue weighted by molar-refractivity contribution is 6.01. The topological polar surface area (TPSA) is 104 Å². The summed E-state index contributed by atoms with van der Waals surface area (Å²) < 4.78 is 49.8. The first-order valence-corrected chi connectivity index (χ1v) is 13.8. The fourth-order valence-electron chi connectivity index (χ4n) is 5.08. The van der Waals surface area contributed by atoms with Crippen molar-refractivity contribution in [3.8, 4) is 28.5 Å². The number of amides is 1. The molecule has 0 bridgehead atoms. The van der Waals surface area contributed by atoms with Crippen LogP contribution < -0.4 is 19.5 Å². The van der Waals surface area contributed by atoms with Gasteiger partial charge in [-0.2, -0.15) is 8.78 Å². The second kappa shape index (κ2) is 12.7. The second-order valence-corrected chi connectivity index (χ2v) is 10.1. The summed E-state index contributed by atoms with van der Waals surface area (Å²) in [6.45, 7) is 0.500. The summed E-state index contributed by atoms with van der Waals surface area (Å²) in [4.78, 5) is 31.4. The van der Waals surface area contributed by atoms with E-state index in [1.165, 1.54) is 13.2 Å². The molecule has 10 nitrogen and oxygen atoms in total. The minimum atomic E-state index is -3.12. The third-order valence-electron chi connectivity index (χ3n) is 7.25. The SMILES string of the molecule is CCOC(=O)CN1CCCCC1COc1ccn2c(-c3cc(OC)c(C(=O)NC4CC4)c(OC(F)F)c3)cnc2c1. The summed E-state index contributed by atoms with van der Waals surface area (Å²) >= 11 is 0. The molecule has 2 aromatic heterocycles. The van der Waals surface area contributed by atoms with Crippen molar-refractivity contribution < 1.29 is 37.3 Å². The first-order valence-electron chi connectivity index (χ1n) is 13.8. The minimum Gasteiger partial charge on any atom is -0.496 e. The fraction of sp³-hybridized carbons (Fsp3) is 0.483. The summed E-state index contributed by atoms with van der Waals surface area (Å²) in [5, 5.41) is 2.80. The number of nitrogens with one attached hydrogen (secondary N) is 1. The molecule has 1 N–H and O–H groups in total. The third kappa shape index (κ3) is 6.87. The number of hydrogen-bond donors (Lipinski definition) is 1. The van der Waals surface area contributed by atoms with Crippen molar-refractivity contribution in [2.75, 3.05) is 33.4 Å². The van der Waals surface area contributed by atoms with Gasteiger partial charge in [0.2, 0.25) is 0 Å². The highest BCUT2D eigenvalue weighted by Gasteiger charge is 2.29. The summed E-state index contributed by atoms with van der Waals surface area (Å²) in [6.07, 6.45) is 8.09. The van der Waals surface area contributed by atoms with E-state index in [0.29, 0.717) is 35.9 Å². The number of pyridine rings is 1. The molecule has 2 fully saturated rings. The zero-order chi connectivity index (χ0) is 28.9. The van der Waals surface area contributed by atoms with E-state index >= 15 is 0 Å². The number of methoxy groups -OCH3 is 1. The molecule has 1 saturated carbocycles. The number of alkyl halides is 2. The molecule has 1 saturated heterocycles. The molecular formula is C29H34F2N4O6. The van der Waals surface area contributed by atoms with Crippen molar-refractivity contribution >= 4 is 17.5 Å². The van der Waals surface area contributed by atoms with Crippen LogP contribution >= 0.6 is 0 Å². The number of fused-ring (bicyclic) bond motifs is 1. The summed E-state index contributed by atoms with van der Waals surface area (Å²) in [6, 6.07) is 6.70. The van der Waals surface area contributed by atoms with Crippen molar-refractivity contribution in [3.63, 3.8) is 0 Å². The molecule has 1 unspecified atom stereocenters. The lowest BCUT2D eigenvalue weighted by molar-refractivity contribution is -0.145. The molecule has 2 aliphatic rings. The molecule has 1 aromatic carbocycles. The van der Waals surface area contributed by atoms with Crippen LogP contribution in [0.2, 0.25) is 0 Å². The number of piperidine rings is 1. The van der Waals surface area contributed by atoms with Gasteiger partial charge in [-0.15, -0.1) is 0 Å². The number of nitrogens with zero attached hydrogens (tertiary/aromatic N) is 3. The molecule has 41 heavy (non-hydrogen) atoms. The maximum Gasteiger partial charge on any atom is 0.387 e. The molecule has 1 aliphatic carbocycles. The lowest BCUT2D eigenvalue weighted by atomic mass is 10.0. The second-order valence-electron chi connectivity index (χ2n) is 10.1. The lowest BCUT2D eigenvalue weighted by Crippen LogP contribution is -2.46. The van der Waals surface area contributed by atoms with Gasteiger partial charge in [0.1, 0.15) is 35.1 Å². The number of esters is 1. The van der Waals surface area contributed by atoms with Crippen LogP contribution in [0.3, 0.4) is 0 Å². The van der Waals surface area contributed by atoms with Crippen LogP contribution in [-0.2, 0) is 9.53 Å². The first-order chi connectivity index (χ1) is 19.9. The Bertz CT molecular complexity index is 1390. The standard InChI is InChI=1S/C29H34F2N4O6/c1-3-39-26(36)16-34-10-5-4-6-20(34)17-40-21-9-11-35-22(15-32-25(35)14-21)18-12-23(38-2)27(24(13-18)41-29(30)31)28(37)33-19-7-8-19/h9,11-15,19-20,29H,3-8,10,16-17H2,1-2H3,(H,33,37). The van der Waals surface area contributed by atoms with E-state index in [1.807, 2.05) is 0 Å². The number of halogens is 2. The average molecular weight is 573 g/mol. The van der Waals surface area contributed by atoms with E-state index in [0.717, 1.165) is 38.6 Å². The zero-order valence-corrected chi connectivity index (χ0v) is 23.1. The Kier molecular flexibility index (Phi) is 8.87. The average Bonchev–Trinajstić information content (AvgIpc) is 3.66. The fourth-order valence-corrected chi connectivity index (χ4v) is 5.08. The predicted octanol–water partition coefficient (Wildman–Crippen LogP) is 4.30. The Labute approximate surface area is 236 Å². The third-order valence-corrected chi connectivity index (χ3v) is 7.25. The molecule has 1 aliphatic heterocycles. The van der Waals surface area contributed by atoms with Crippen molar-refractivity contribution in [3.05, 3.63) is 42.2 Å². The number of hydrogen-bond acceptors (Lipinski definition) is 8. The quantitative estimate of drug-likeness (QED) is 0.321. The Morgan fingerprint density at radius 2 is 1.95 bits per heavy atom. The lowest BCUT2D eigenvalue weighted by Gasteiger charge is -2.34. The van der Waals surface area contributed by atoms with Crippen molar-refractivity contribution in [1.82, 2.24) is 19.6 Å². The van der Waals surface area contributed by atoms with Crippen LogP contribution in [0.4, 0.5) is 8.78 Å². The van der Waals surface area contributed by atoms with Crippen molar-refractivity contribution in [2.45, 2.75) is 57.7 Å². The van der Waals surface area contributed by atoms with Gasteiger partial charge in [-0.1, -0.05) is 6.42 Å². The van der Waals surface area contributed by atoms with E-state index in [2.05, 4.69) is 15.2 Å². The molecule has 12 heteroatoms. The number of ether oxygens (including phenoxy) is 4. The summed E-state index contributed by atoms with van der Waals surface area (Å²) in [5.41, 5.74) is 1.58. The van der Waals surface area contributed by atoms with Crippen LogP contribution in [0.5, 0.6) is 17.2 Å². The van der Waals surface area contributed by atoms with E-state index in [4.69, 9.17) is 18.9 Å². The van der Waals surface area contributed by atoms with E-state index in [9.17, 15) is 18.4 Å². The van der Waals surface area contributed by atoms with Gasteiger partial charge in [0, 0.05) is 29.9 Å². The van der Waals surface area contributed by atoms with Gasteiger partial charge in [-0.3, -0.25) is 18.9 Å². The molecular weight excluding hydrogens is 538 g/mol. The first kappa shape index (κ1) is 28.6. The molecule has 220 valence electrons. The van der Waals surface area contributed by atoms with Gasteiger partial charge < -0.3 is 24.3 Å². The Morgan fingerprint density at radius 3 is 2.68 bits per heavy atom. The van der Waals surface area contributed by atoms with Crippen LogP contribution in [-0.4, -0.2) is 78.3 Å². The smallest absolute Gasteiger partial charge is 0.387 e. The van der Waals surface area contributed by atoms with Gasteiger partial charge in [0.05, 0.1) is 32.2 Å². The van der Waals surface area contributed by atoms with E-state index in [1.54, 1.807) is 41.9 Å². The number of carbonyl (C=O) groups excluding carboxylic acids is 2. The zero-order valence-electron chi connectivity index (χ0n) is 23.1. The highest BCUT2D eigenvalue weighted by Crippen LogP contribution is 2.37. The highest BCUT2D eigenvalue weighted by atomic mass is 19.3. The minimum absolute atomic E-state index is 0.0280. The Balaban J connectivity index is 1.36. The molecule has 0 spiro atoms. The van der Waals surface area contributed by atoms with Crippen LogP contribution in [0.15, 0.2) is 36.7 Å². The van der Waals surface area contributed by atoms with Gasteiger partial charge in [-0.05, 0) is 57.4 Å². The maximum atomic E-state index is 13.3. The number of rotatable bonds is 12. The predicted molar refractivity (Wildman–Crippen MR) is 146 cm³/mol. The number of carbonyl (C=O) groups is 2. The molecule has 3 aromatic rings. The van der Waals surface area contributed by atoms with E-state index in [-0.39, 0.29) is 41.7 Å². The maximum absolute atomic E-state index is 13.3. The molecule has 1 amide bonds. The number of aromatic nitrogens is 2. The summed E-state index contributed by atoms with van der Waals surface area (Å²) in [5.74, 6) is -0.303. The summed E-state index contributed by atoms with van der Waals surface area (Å²) in [7, 11) is 1.37. The van der Waals surface area contributed by atoms with Gasteiger partial charge in [0.15, 0.2) is 0 Å².